The summed E-state index contributed by atoms with van der Waals surface area (Å²) in [5, 5.41) is 8.07. The second-order valence-corrected chi connectivity index (χ2v) is 10.9. The molecule has 1 aliphatic rings. The number of furan rings is 1. The number of hydrogen-bond acceptors (Lipinski definition) is 8. The van der Waals surface area contributed by atoms with Crippen molar-refractivity contribution < 1.29 is 21.3 Å². The summed E-state index contributed by atoms with van der Waals surface area (Å²) < 4.78 is 56.8. The Balaban J connectivity index is 1.55. The number of sulfonamides is 2. The summed E-state index contributed by atoms with van der Waals surface area (Å²) in [6.45, 7) is 1.23. The van der Waals surface area contributed by atoms with Crippen LogP contribution in [0.15, 0.2) is 48.9 Å². The van der Waals surface area contributed by atoms with E-state index in [1.165, 1.54) is 12.1 Å². The Morgan fingerprint density at radius 1 is 1.21 bits per heavy atom. The lowest BCUT2D eigenvalue weighted by atomic mass is 10.2. The molecule has 0 unspecified atom stereocenters. The highest BCUT2D eigenvalue weighted by Gasteiger charge is 2.30. The van der Waals surface area contributed by atoms with Gasteiger partial charge >= 0.3 is 0 Å². The minimum absolute atomic E-state index is 0.164. The molecule has 3 rings (SSSR count). The van der Waals surface area contributed by atoms with Gasteiger partial charge < -0.3 is 14.6 Å². The van der Waals surface area contributed by atoms with Gasteiger partial charge in [-0.05, 0) is 44.4 Å². The SMILES string of the molecule is CN(C)Cc1ccc(CSCCNC2=NS(=O)(=O)c3cc(S(N)(=O)=O)ccc32)o1. The highest BCUT2D eigenvalue weighted by atomic mass is 32.2. The van der Waals surface area contributed by atoms with E-state index in [1.807, 2.05) is 31.1 Å². The Hall–Kier alpha value is -1.86. The molecule has 158 valence electrons. The first-order chi connectivity index (χ1) is 13.6. The summed E-state index contributed by atoms with van der Waals surface area (Å²) in [5.41, 5.74) is 0.335. The molecule has 0 radical (unpaired) electrons. The fourth-order valence-corrected chi connectivity index (χ4v) is 5.33. The van der Waals surface area contributed by atoms with Crippen LogP contribution in [0.25, 0.3) is 0 Å². The van der Waals surface area contributed by atoms with Crippen LogP contribution in [0, 0.1) is 0 Å². The van der Waals surface area contributed by atoms with Crippen LogP contribution in [-0.2, 0) is 32.3 Å². The molecule has 2 aromatic rings. The van der Waals surface area contributed by atoms with Crippen molar-refractivity contribution in [2.24, 2.45) is 9.54 Å². The first-order valence-corrected chi connectivity index (χ1v) is 12.8. The van der Waals surface area contributed by atoms with E-state index in [2.05, 4.69) is 9.71 Å². The number of rotatable bonds is 8. The number of nitrogens with zero attached hydrogens (tertiary/aromatic N) is 2. The van der Waals surface area contributed by atoms with Crippen molar-refractivity contribution in [3.05, 3.63) is 47.4 Å². The number of nitrogens with one attached hydrogen (secondary N) is 1. The minimum Gasteiger partial charge on any atom is -0.464 e. The molecular weight excluding hydrogens is 436 g/mol. The normalized spacial score (nSPS) is 15.4. The summed E-state index contributed by atoms with van der Waals surface area (Å²) in [6.07, 6.45) is 0. The topological polar surface area (TPSA) is 135 Å². The zero-order valence-electron chi connectivity index (χ0n) is 16.0. The summed E-state index contributed by atoms with van der Waals surface area (Å²) in [4.78, 5) is 1.60. The molecule has 29 heavy (non-hydrogen) atoms. The Labute approximate surface area is 174 Å². The van der Waals surface area contributed by atoms with Gasteiger partial charge in [-0.3, -0.25) is 0 Å². The lowest BCUT2D eigenvalue weighted by molar-refractivity contribution is 0.344. The Kier molecular flexibility index (Phi) is 6.39. The molecule has 0 aliphatic carbocycles. The number of primary sulfonamides is 1. The molecule has 1 aromatic heterocycles. The van der Waals surface area contributed by atoms with Gasteiger partial charge in [-0.25, -0.2) is 13.6 Å². The number of nitrogens with two attached hydrogens (primary N) is 1. The summed E-state index contributed by atoms with van der Waals surface area (Å²) in [6, 6.07) is 7.61. The maximum atomic E-state index is 12.2. The molecule has 0 atom stereocenters. The van der Waals surface area contributed by atoms with Crippen molar-refractivity contribution in [1.82, 2.24) is 10.2 Å². The molecule has 0 saturated heterocycles. The van der Waals surface area contributed by atoms with Gasteiger partial charge in [-0.1, -0.05) is 0 Å². The second kappa shape index (κ2) is 8.48. The average Bonchev–Trinajstić information content (AvgIpc) is 3.15. The van der Waals surface area contributed by atoms with E-state index >= 15 is 0 Å². The van der Waals surface area contributed by atoms with Crippen LogP contribution in [0.1, 0.15) is 17.1 Å². The number of benzene rings is 1. The third-order valence-corrected chi connectivity index (χ3v) is 7.21. The molecule has 0 spiro atoms. The maximum Gasteiger partial charge on any atom is 0.285 e. The summed E-state index contributed by atoms with van der Waals surface area (Å²) >= 11 is 1.64. The fourth-order valence-electron chi connectivity index (χ4n) is 2.75. The predicted molar refractivity (Wildman–Crippen MR) is 112 cm³/mol. The third-order valence-electron chi connectivity index (χ3n) is 4.00. The second-order valence-electron chi connectivity index (χ2n) is 6.70. The lowest BCUT2D eigenvalue weighted by Crippen LogP contribution is -2.25. The molecule has 2 heterocycles. The van der Waals surface area contributed by atoms with Gasteiger partial charge in [0.25, 0.3) is 10.0 Å². The summed E-state index contributed by atoms with van der Waals surface area (Å²) in [5.74, 6) is 3.40. The molecular formula is C17H22N4O5S3. The van der Waals surface area contributed by atoms with Crippen LogP contribution >= 0.6 is 11.8 Å². The van der Waals surface area contributed by atoms with Crippen LogP contribution in [0.3, 0.4) is 0 Å². The molecule has 12 heteroatoms. The van der Waals surface area contributed by atoms with E-state index < -0.39 is 20.0 Å². The highest BCUT2D eigenvalue weighted by Crippen LogP contribution is 2.27. The molecule has 0 amide bonds. The van der Waals surface area contributed by atoms with E-state index in [4.69, 9.17) is 9.56 Å². The van der Waals surface area contributed by atoms with Crippen molar-refractivity contribution in [3.8, 4) is 0 Å². The molecule has 0 saturated carbocycles. The van der Waals surface area contributed by atoms with Gasteiger partial charge in [0.1, 0.15) is 22.3 Å². The molecule has 1 aliphatic heterocycles. The Morgan fingerprint density at radius 3 is 2.62 bits per heavy atom. The number of amidine groups is 1. The quantitative estimate of drug-likeness (QED) is 0.559. The first-order valence-electron chi connectivity index (χ1n) is 8.62. The van der Waals surface area contributed by atoms with Gasteiger partial charge in [0.05, 0.1) is 17.2 Å². The molecule has 0 fully saturated rings. The van der Waals surface area contributed by atoms with Gasteiger partial charge in [-0.2, -0.15) is 20.2 Å². The lowest BCUT2D eigenvalue weighted by Gasteiger charge is -2.07. The van der Waals surface area contributed by atoms with E-state index in [0.29, 0.717) is 23.6 Å². The van der Waals surface area contributed by atoms with E-state index in [1.54, 1.807) is 11.8 Å². The first kappa shape index (κ1) is 21.8. The summed E-state index contributed by atoms with van der Waals surface area (Å²) in [7, 11) is -4.00. The molecule has 3 N–H and O–H groups in total. The van der Waals surface area contributed by atoms with Crippen LogP contribution in [-0.4, -0.2) is 54.0 Å². The van der Waals surface area contributed by atoms with Gasteiger partial charge in [0, 0.05) is 17.9 Å². The number of fused-ring (bicyclic) bond motifs is 1. The van der Waals surface area contributed by atoms with Crippen LogP contribution in [0.5, 0.6) is 0 Å². The Bertz CT molecular complexity index is 1140. The van der Waals surface area contributed by atoms with Crippen LogP contribution in [0.2, 0.25) is 0 Å². The van der Waals surface area contributed by atoms with Crippen molar-refractivity contribution in [2.45, 2.75) is 22.1 Å². The third kappa shape index (κ3) is 5.39. The van der Waals surface area contributed by atoms with Crippen molar-refractivity contribution >= 4 is 37.6 Å². The minimum atomic E-state index is -4.00. The van der Waals surface area contributed by atoms with Gasteiger partial charge in [-0.15, -0.1) is 4.40 Å². The maximum absolute atomic E-state index is 12.2. The zero-order chi connectivity index (χ0) is 21.2. The monoisotopic (exact) mass is 458 g/mol. The standard InChI is InChI=1S/C17H22N4O5S3/c1-21(2)10-12-3-4-13(26-12)11-27-8-7-19-17-15-6-5-14(28(18,22)23)9-16(15)29(24,25)20-17/h3-6,9H,7-8,10-11H2,1-2H3,(H,19,20)(H2,18,22,23). The van der Waals surface area contributed by atoms with Gasteiger partial charge in [0.2, 0.25) is 10.0 Å². The smallest absolute Gasteiger partial charge is 0.285 e. The zero-order valence-corrected chi connectivity index (χ0v) is 18.4. The molecule has 0 bridgehead atoms. The number of hydrogen-bond donors (Lipinski definition) is 2. The molecule has 1 aromatic carbocycles. The van der Waals surface area contributed by atoms with Crippen LogP contribution in [0.4, 0.5) is 0 Å². The van der Waals surface area contributed by atoms with E-state index in [9.17, 15) is 16.8 Å². The highest BCUT2D eigenvalue weighted by molar-refractivity contribution is 7.98. The van der Waals surface area contributed by atoms with Crippen molar-refractivity contribution in [2.75, 3.05) is 26.4 Å². The fraction of sp³-hybridized carbons (Fsp3) is 0.353. The molecule has 9 nitrogen and oxygen atoms in total. The van der Waals surface area contributed by atoms with E-state index in [-0.39, 0.29) is 15.6 Å². The average molecular weight is 459 g/mol. The van der Waals surface area contributed by atoms with Crippen LogP contribution < -0.4 is 10.5 Å². The van der Waals surface area contributed by atoms with Gasteiger partial charge in [0.15, 0.2) is 0 Å². The largest absolute Gasteiger partial charge is 0.464 e. The predicted octanol–water partition coefficient (Wildman–Crippen LogP) is 0.961. The van der Waals surface area contributed by atoms with E-state index in [0.717, 1.165) is 24.1 Å². The van der Waals surface area contributed by atoms with Crippen molar-refractivity contribution in [3.63, 3.8) is 0 Å². The Morgan fingerprint density at radius 2 is 1.93 bits per heavy atom. The number of thioether (sulfide) groups is 1. The van der Waals surface area contributed by atoms with Crippen molar-refractivity contribution in [1.29, 1.82) is 0 Å².